The molecule has 2 atom stereocenters. The zero-order chi connectivity index (χ0) is 18.2. The Labute approximate surface area is 161 Å². The Kier molecular flexibility index (Phi) is 4.30. The molecule has 0 amide bonds. The highest BCUT2D eigenvalue weighted by molar-refractivity contribution is 7.22. The minimum Gasteiger partial charge on any atom is -0.391 e. The molecule has 0 unspecified atom stereocenters. The van der Waals surface area contributed by atoms with Gasteiger partial charge in [0.25, 0.3) is 0 Å². The van der Waals surface area contributed by atoms with Crippen LogP contribution in [0.5, 0.6) is 0 Å². The average Bonchev–Trinajstić information content (AvgIpc) is 3.27. The van der Waals surface area contributed by atoms with Gasteiger partial charge in [0.1, 0.15) is 0 Å². The van der Waals surface area contributed by atoms with Gasteiger partial charge < -0.3 is 15.0 Å². The third-order valence-electron chi connectivity index (χ3n) is 5.37. The monoisotopic (exact) mass is 378 g/mol. The molecule has 1 aliphatic rings. The van der Waals surface area contributed by atoms with Gasteiger partial charge in [0.15, 0.2) is 5.13 Å². The number of hydrogen-bond acceptors (Lipinski definition) is 5. The van der Waals surface area contributed by atoms with Gasteiger partial charge in [-0.15, -0.1) is 0 Å². The van der Waals surface area contributed by atoms with E-state index in [-0.39, 0.29) is 12.1 Å². The highest BCUT2D eigenvalue weighted by Gasteiger charge is 2.23. The molecule has 2 N–H and O–H groups in total. The predicted molar refractivity (Wildman–Crippen MR) is 110 cm³/mol. The lowest BCUT2D eigenvalue weighted by Crippen LogP contribution is -2.36. The third kappa shape index (κ3) is 3.31. The van der Waals surface area contributed by atoms with E-state index >= 15 is 0 Å². The number of hydrogen-bond donors (Lipinski definition) is 2. The number of aliphatic hydroxyl groups is 1. The lowest BCUT2D eigenvalue weighted by molar-refractivity contribution is 0.116. The molecular formula is C21H22N4OS. The highest BCUT2D eigenvalue weighted by Crippen LogP contribution is 2.30. The van der Waals surface area contributed by atoms with Crippen LogP contribution in [0, 0.1) is 0 Å². The van der Waals surface area contributed by atoms with Crippen molar-refractivity contribution in [1.82, 2.24) is 14.5 Å². The predicted octanol–water partition coefficient (Wildman–Crippen LogP) is 4.41. The van der Waals surface area contributed by atoms with Crippen molar-refractivity contribution >= 4 is 37.7 Å². The molecule has 27 heavy (non-hydrogen) atoms. The Morgan fingerprint density at radius 3 is 2.93 bits per heavy atom. The summed E-state index contributed by atoms with van der Waals surface area (Å²) >= 11 is 1.67. The molecule has 1 fully saturated rings. The molecule has 6 heteroatoms. The zero-order valence-electron chi connectivity index (χ0n) is 15.0. The number of nitrogens with one attached hydrogen (secondary N) is 1. The normalized spacial score (nSPS) is 20.3. The Balaban J connectivity index is 1.39. The molecule has 138 valence electrons. The molecule has 5 rings (SSSR count). The van der Waals surface area contributed by atoms with Crippen LogP contribution in [-0.2, 0) is 6.54 Å². The first-order chi connectivity index (χ1) is 13.3. The van der Waals surface area contributed by atoms with Crippen LogP contribution in [0.15, 0.2) is 48.8 Å². The standard InChI is InChI=1S/C21H22N4OS/c26-19-8-4-2-6-16(19)23-21-24-17-10-9-14(11-20(17)27-21)12-25-13-22-15-5-1-3-7-18(15)25/h1,3,5,7,9-11,13,16,19,26H,2,4,6,8,12H2,(H,23,24)/t16-,19-/m0/s1. The molecule has 0 radical (unpaired) electrons. The van der Waals surface area contributed by atoms with Gasteiger partial charge in [-0.2, -0.15) is 0 Å². The van der Waals surface area contributed by atoms with Gasteiger partial charge in [0, 0.05) is 6.54 Å². The number of imidazole rings is 1. The van der Waals surface area contributed by atoms with Crippen molar-refractivity contribution in [2.75, 3.05) is 5.32 Å². The maximum absolute atomic E-state index is 10.2. The van der Waals surface area contributed by atoms with Crippen molar-refractivity contribution in [3.05, 3.63) is 54.4 Å². The lowest BCUT2D eigenvalue weighted by Gasteiger charge is -2.27. The Bertz CT molecular complexity index is 1090. The van der Waals surface area contributed by atoms with Crippen molar-refractivity contribution in [3.8, 4) is 0 Å². The fourth-order valence-corrected chi connectivity index (χ4v) is 4.89. The third-order valence-corrected chi connectivity index (χ3v) is 6.32. The van der Waals surface area contributed by atoms with Crippen LogP contribution in [0.25, 0.3) is 21.3 Å². The van der Waals surface area contributed by atoms with Crippen LogP contribution >= 0.6 is 11.3 Å². The van der Waals surface area contributed by atoms with Crippen LogP contribution in [0.3, 0.4) is 0 Å². The molecule has 0 saturated heterocycles. The molecule has 5 nitrogen and oxygen atoms in total. The fourth-order valence-electron chi connectivity index (χ4n) is 3.90. The second kappa shape index (κ2) is 6.94. The quantitative estimate of drug-likeness (QED) is 0.552. The summed E-state index contributed by atoms with van der Waals surface area (Å²) in [4.78, 5) is 9.18. The van der Waals surface area contributed by atoms with E-state index < -0.39 is 0 Å². The summed E-state index contributed by atoms with van der Waals surface area (Å²) in [6.07, 6.45) is 5.81. The van der Waals surface area contributed by atoms with Crippen LogP contribution in [0.1, 0.15) is 31.2 Å². The van der Waals surface area contributed by atoms with Crippen molar-refractivity contribution in [3.63, 3.8) is 0 Å². The molecule has 2 aromatic carbocycles. The Morgan fingerprint density at radius 1 is 1.11 bits per heavy atom. The topological polar surface area (TPSA) is 63.0 Å². The molecule has 4 aromatic rings. The van der Waals surface area contributed by atoms with Gasteiger partial charge in [-0.1, -0.05) is 42.4 Å². The van der Waals surface area contributed by atoms with Crippen molar-refractivity contribution in [2.45, 2.75) is 44.4 Å². The number of aliphatic hydroxyl groups excluding tert-OH is 1. The molecule has 2 heterocycles. The maximum Gasteiger partial charge on any atom is 0.184 e. The second-order valence-electron chi connectivity index (χ2n) is 7.28. The zero-order valence-corrected chi connectivity index (χ0v) is 15.8. The van der Waals surface area contributed by atoms with E-state index in [1.165, 1.54) is 16.7 Å². The summed E-state index contributed by atoms with van der Waals surface area (Å²) in [5, 5.41) is 14.5. The first kappa shape index (κ1) is 16.7. The number of benzene rings is 2. The van der Waals surface area contributed by atoms with Crippen LogP contribution in [0.4, 0.5) is 5.13 Å². The van der Waals surface area contributed by atoms with E-state index in [0.717, 1.165) is 47.5 Å². The first-order valence-corrected chi connectivity index (χ1v) is 10.3. The summed E-state index contributed by atoms with van der Waals surface area (Å²) in [5.74, 6) is 0. The van der Waals surface area contributed by atoms with Gasteiger partial charge in [-0.3, -0.25) is 0 Å². The SMILES string of the molecule is O[C@H]1CCCC[C@@H]1Nc1nc2ccc(Cn3cnc4ccccc43)cc2s1. The van der Waals surface area contributed by atoms with Crippen LogP contribution in [-0.4, -0.2) is 31.8 Å². The molecule has 0 aliphatic heterocycles. The molecule has 0 spiro atoms. The average molecular weight is 379 g/mol. The number of fused-ring (bicyclic) bond motifs is 2. The summed E-state index contributed by atoms with van der Waals surface area (Å²) in [5.41, 5.74) is 4.41. The number of para-hydroxylation sites is 2. The van der Waals surface area contributed by atoms with E-state index in [9.17, 15) is 5.11 Å². The van der Waals surface area contributed by atoms with E-state index in [4.69, 9.17) is 4.98 Å². The molecule has 0 bridgehead atoms. The van der Waals surface area contributed by atoms with Crippen molar-refractivity contribution in [2.24, 2.45) is 0 Å². The van der Waals surface area contributed by atoms with Crippen LogP contribution < -0.4 is 5.32 Å². The van der Waals surface area contributed by atoms with Gasteiger partial charge in [-0.25, -0.2) is 9.97 Å². The lowest BCUT2D eigenvalue weighted by atomic mass is 9.93. The molecule has 1 aliphatic carbocycles. The molecular weight excluding hydrogens is 356 g/mol. The summed E-state index contributed by atoms with van der Waals surface area (Å²) in [6, 6.07) is 14.8. The van der Waals surface area contributed by atoms with Crippen molar-refractivity contribution in [1.29, 1.82) is 0 Å². The van der Waals surface area contributed by atoms with Crippen LogP contribution in [0.2, 0.25) is 0 Å². The Morgan fingerprint density at radius 2 is 2.00 bits per heavy atom. The minimum absolute atomic E-state index is 0.121. The van der Waals surface area contributed by atoms with E-state index in [1.54, 1.807) is 11.3 Å². The van der Waals surface area contributed by atoms with Crippen molar-refractivity contribution < 1.29 is 5.11 Å². The summed E-state index contributed by atoms with van der Waals surface area (Å²) < 4.78 is 3.35. The van der Waals surface area contributed by atoms with Gasteiger partial charge in [0.05, 0.1) is 39.7 Å². The maximum atomic E-state index is 10.2. The van der Waals surface area contributed by atoms with Gasteiger partial charge in [0.2, 0.25) is 0 Å². The largest absolute Gasteiger partial charge is 0.391 e. The summed E-state index contributed by atoms with van der Waals surface area (Å²) in [7, 11) is 0. The Hall–Kier alpha value is -2.44. The number of aromatic nitrogens is 3. The van der Waals surface area contributed by atoms with Gasteiger partial charge >= 0.3 is 0 Å². The van der Waals surface area contributed by atoms with E-state index in [0.29, 0.717) is 0 Å². The second-order valence-corrected chi connectivity index (χ2v) is 8.32. The number of anilines is 1. The van der Waals surface area contributed by atoms with E-state index in [2.05, 4.69) is 39.1 Å². The number of rotatable bonds is 4. The first-order valence-electron chi connectivity index (χ1n) is 9.50. The minimum atomic E-state index is -0.268. The molecule has 1 saturated carbocycles. The van der Waals surface area contributed by atoms with Gasteiger partial charge in [-0.05, 0) is 42.7 Å². The number of nitrogens with zero attached hydrogens (tertiary/aromatic N) is 3. The highest BCUT2D eigenvalue weighted by atomic mass is 32.1. The smallest absolute Gasteiger partial charge is 0.184 e. The summed E-state index contributed by atoms with van der Waals surface area (Å²) in [6.45, 7) is 0.790. The fraction of sp³-hybridized carbons (Fsp3) is 0.333. The number of thiazole rings is 1. The molecule has 2 aromatic heterocycles. The van der Waals surface area contributed by atoms with E-state index in [1.807, 2.05) is 24.5 Å².